The van der Waals surface area contributed by atoms with Gasteiger partial charge in [-0.1, -0.05) is 48.5 Å². The minimum atomic E-state index is 0. The SMILES string of the molecule is [Pt].c1ccc(-n2c3ccccc3c3ccc(Oc4ccc5c6ccccc6n(-c6ccccn6)c5c4)cc32)nc1. The first-order valence-corrected chi connectivity index (χ1v) is 12.9. The van der Waals surface area contributed by atoms with E-state index in [1.165, 1.54) is 10.8 Å². The number of ether oxygens (including phenoxy) is 1. The van der Waals surface area contributed by atoms with Crippen LogP contribution in [0.2, 0.25) is 0 Å². The van der Waals surface area contributed by atoms with Crippen LogP contribution in [-0.4, -0.2) is 19.1 Å². The molecule has 8 aromatic rings. The van der Waals surface area contributed by atoms with Gasteiger partial charge in [0.05, 0.1) is 22.1 Å². The maximum atomic E-state index is 6.50. The molecular weight excluding hydrogens is 675 g/mol. The normalized spacial score (nSPS) is 11.3. The first-order valence-electron chi connectivity index (χ1n) is 12.9. The number of hydrogen-bond acceptors (Lipinski definition) is 3. The molecule has 0 fully saturated rings. The van der Waals surface area contributed by atoms with Gasteiger partial charge in [-0.2, -0.15) is 0 Å². The van der Waals surface area contributed by atoms with Crippen molar-refractivity contribution in [1.29, 1.82) is 0 Å². The van der Waals surface area contributed by atoms with Gasteiger partial charge in [0, 0.05) is 67.1 Å². The van der Waals surface area contributed by atoms with E-state index in [9.17, 15) is 0 Å². The summed E-state index contributed by atoms with van der Waals surface area (Å²) in [4.78, 5) is 9.28. The van der Waals surface area contributed by atoms with E-state index in [1.54, 1.807) is 0 Å². The Hall–Kier alpha value is -4.73. The minimum Gasteiger partial charge on any atom is -0.457 e. The van der Waals surface area contributed by atoms with Crippen molar-refractivity contribution in [3.63, 3.8) is 0 Å². The van der Waals surface area contributed by atoms with E-state index in [1.807, 2.05) is 60.9 Å². The van der Waals surface area contributed by atoms with Crippen LogP contribution in [0.5, 0.6) is 11.5 Å². The maximum Gasteiger partial charge on any atom is 0.137 e. The topological polar surface area (TPSA) is 44.9 Å². The maximum absolute atomic E-state index is 6.50. The summed E-state index contributed by atoms with van der Waals surface area (Å²) in [6.45, 7) is 0. The van der Waals surface area contributed by atoms with Gasteiger partial charge in [-0.05, 0) is 60.7 Å². The second kappa shape index (κ2) is 9.78. The molecule has 0 aliphatic rings. The molecule has 4 aromatic heterocycles. The minimum absolute atomic E-state index is 0. The fraction of sp³-hybridized carbons (Fsp3) is 0. The van der Waals surface area contributed by atoms with E-state index in [2.05, 4.69) is 91.9 Å². The van der Waals surface area contributed by atoms with E-state index in [0.717, 1.165) is 56.0 Å². The summed E-state index contributed by atoms with van der Waals surface area (Å²) in [7, 11) is 0. The number of benzene rings is 4. The number of aromatic nitrogens is 4. The summed E-state index contributed by atoms with van der Waals surface area (Å²) in [6.07, 6.45) is 3.65. The number of nitrogens with zero attached hydrogens (tertiary/aromatic N) is 4. The molecule has 0 unspecified atom stereocenters. The predicted molar refractivity (Wildman–Crippen MR) is 157 cm³/mol. The smallest absolute Gasteiger partial charge is 0.137 e. The van der Waals surface area contributed by atoms with Crippen LogP contribution in [-0.2, 0) is 21.1 Å². The monoisotopic (exact) mass is 697 g/mol. The van der Waals surface area contributed by atoms with Crippen molar-refractivity contribution in [2.45, 2.75) is 0 Å². The Morgan fingerprint density at radius 1 is 0.425 bits per heavy atom. The Morgan fingerprint density at radius 3 is 1.30 bits per heavy atom. The van der Waals surface area contributed by atoms with Crippen molar-refractivity contribution in [1.82, 2.24) is 19.1 Å². The van der Waals surface area contributed by atoms with Gasteiger partial charge < -0.3 is 4.74 Å². The van der Waals surface area contributed by atoms with Crippen LogP contribution in [0.15, 0.2) is 134 Å². The molecule has 0 bridgehead atoms. The molecule has 0 atom stereocenters. The van der Waals surface area contributed by atoms with Gasteiger partial charge in [0.25, 0.3) is 0 Å². The molecule has 0 aliphatic heterocycles. The zero-order valence-electron chi connectivity index (χ0n) is 21.2. The van der Waals surface area contributed by atoms with Gasteiger partial charge in [-0.3, -0.25) is 9.13 Å². The Bertz CT molecular complexity index is 2000. The molecule has 0 amide bonds. The van der Waals surface area contributed by atoms with Crippen LogP contribution >= 0.6 is 0 Å². The Labute approximate surface area is 244 Å². The summed E-state index contributed by atoms with van der Waals surface area (Å²) in [5, 5.41) is 4.70. The molecule has 4 heterocycles. The number of para-hydroxylation sites is 2. The van der Waals surface area contributed by atoms with E-state index < -0.39 is 0 Å². The third-order valence-corrected chi connectivity index (χ3v) is 7.28. The van der Waals surface area contributed by atoms with Crippen molar-refractivity contribution >= 4 is 43.6 Å². The fourth-order valence-corrected chi connectivity index (χ4v) is 5.63. The molecule has 194 valence electrons. The molecule has 0 saturated carbocycles. The second-order valence-corrected chi connectivity index (χ2v) is 9.54. The summed E-state index contributed by atoms with van der Waals surface area (Å²) in [5.41, 5.74) is 4.33. The van der Waals surface area contributed by atoms with Crippen molar-refractivity contribution in [2.24, 2.45) is 0 Å². The van der Waals surface area contributed by atoms with Crippen LogP contribution in [0.25, 0.3) is 55.2 Å². The van der Waals surface area contributed by atoms with Gasteiger partial charge in [-0.15, -0.1) is 0 Å². The summed E-state index contributed by atoms with van der Waals surface area (Å²) >= 11 is 0. The molecule has 0 radical (unpaired) electrons. The molecule has 5 nitrogen and oxygen atoms in total. The van der Waals surface area contributed by atoms with E-state index >= 15 is 0 Å². The van der Waals surface area contributed by atoms with Gasteiger partial charge >= 0.3 is 0 Å². The summed E-state index contributed by atoms with van der Waals surface area (Å²) in [6, 6.07) is 41.4. The standard InChI is InChI=1S/C34H22N4O.Pt/c1-3-11-29-25(9-1)27-17-15-23(21-31(27)37(29)33-13-5-7-19-35-33)39-24-16-18-28-26-10-2-4-12-30(26)38(32(28)22-24)34-14-6-8-20-36-34;/h1-22H;. The Kier molecular flexibility index (Phi) is 5.95. The summed E-state index contributed by atoms with van der Waals surface area (Å²) < 4.78 is 10.9. The number of hydrogen-bond donors (Lipinski definition) is 0. The van der Waals surface area contributed by atoms with Gasteiger partial charge in [0.15, 0.2) is 0 Å². The third-order valence-electron chi connectivity index (χ3n) is 7.28. The quantitative estimate of drug-likeness (QED) is 0.186. The largest absolute Gasteiger partial charge is 0.457 e. The third kappa shape index (κ3) is 3.82. The number of rotatable bonds is 4. The second-order valence-electron chi connectivity index (χ2n) is 9.54. The van der Waals surface area contributed by atoms with Crippen LogP contribution in [0.1, 0.15) is 0 Å². The van der Waals surface area contributed by atoms with E-state index in [-0.39, 0.29) is 21.1 Å². The van der Waals surface area contributed by atoms with E-state index in [4.69, 9.17) is 4.74 Å². The molecule has 6 heteroatoms. The molecule has 4 aromatic carbocycles. The van der Waals surface area contributed by atoms with Crippen LogP contribution in [0.3, 0.4) is 0 Å². The molecule has 0 spiro atoms. The van der Waals surface area contributed by atoms with Crippen molar-refractivity contribution in [3.05, 3.63) is 134 Å². The zero-order chi connectivity index (χ0) is 25.8. The zero-order valence-corrected chi connectivity index (χ0v) is 23.5. The van der Waals surface area contributed by atoms with Crippen molar-refractivity contribution in [2.75, 3.05) is 0 Å². The van der Waals surface area contributed by atoms with Crippen molar-refractivity contribution < 1.29 is 25.8 Å². The first kappa shape index (κ1) is 24.3. The van der Waals surface area contributed by atoms with Gasteiger partial charge in [-0.25, -0.2) is 9.97 Å². The van der Waals surface area contributed by atoms with Gasteiger partial charge in [0.2, 0.25) is 0 Å². The molecule has 40 heavy (non-hydrogen) atoms. The number of pyridine rings is 2. The fourth-order valence-electron chi connectivity index (χ4n) is 5.63. The molecular formula is C34H22N4OPt. The van der Waals surface area contributed by atoms with E-state index in [0.29, 0.717) is 0 Å². The Morgan fingerprint density at radius 2 is 0.850 bits per heavy atom. The molecule has 0 N–H and O–H groups in total. The molecule has 0 aliphatic carbocycles. The average molecular weight is 698 g/mol. The van der Waals surface area contributed by atoms with Crippen molar-refractivity contribution in [3.8, 4) is 23.1 Å². The molecule has 0 saturated heterocycles. The Balaban J connectivity index is 0.00000264. The average Bonchev–Trinajstić information content (AvgIpc) is 3.50. The van der Waals surface area contributed by atoms with Crippen LogP contribution in [0, 0.1) is 0 Å². The first-order chi connectivity index (χ1) is 19.3. The van der Waals surface area contributed by atoms with Gasteiger partial charge in [0.1, 0.15) is 23.1 Å². The molecule has 8 rings (SSSR count). The predicted octanol–water partition coefficient (Wildman–Crippen LogP) is 8.46. The number of fused-ring (bicyclic) bond motifs is 6. The van der Waals surface area contributed by atoms with Crippen LogP contribution in [0.4, 0.5) is 0 Å². The summed E-state index contributed by atoms with van der Waals surface area (Å²) in [5.74, 6) is 3.29. The van der Waals surface area contributed by atoms with Crippen LogP contribution < -0.4 is 4.74 Å².